The number of halogens is 1. The van der Waals surface area contributed by atoms with E-state index in [0.29, 0.717) is 55.2 Å². The molecular weight excluding hydrogens is 642 g/mol. The van der Waals surface area contributed by atoms with Crippen molar-refractivity contribution in [2.45, 2.75) is 69.1 Å². The van der Waals surface area contributed by atoms with E-state index in [-0.39, 0.29) is 24.3 Å². The molecule has 5 atom stereocenters. The predicted octanol–water partition coefficient (Wildman–Crippen LogP) is 5.56. The molecule has 256 valence electrons. The van der Waals surface area contributed by atoms with Crippen LogP contribution in [-0.2, 0) is 33.0 Å². The van der Waals surface area contributed by atoms with Gasteiger partial charge in [-0.1, -0.05) is 54.6 Å². The molecule has 3 aliphatic rings. The number of β-lactam (4-membered cyclic amide) rings is 1. The average molecular weight is 684 g/mol. The molecule has 0 radical (unpaired) electrons. The highest BCUT2D eigenvalue weighted by atomic mass is 28.4. The van der Waals surface area contributed by atoms with Crippen molar-refractivity contribution in [2.24, 2.45) is 5.92 Å². The predicted molar refractivity (Wildman–Crippen MR) is 186 cm³/mol. The number of amides is 2. The summed E-state index contributed by atoms with van der Waals surface area (Å²) in [5, 5.41) is 18.8. The van der Waals surface area contributed by atoms with E-state index in [0.717, 1.165) is 16.8 Å². The van der Waals surface area contributed by atoms with Gasteiger partial charge in [0.2, 0.25) is 14.3 Å². The van der Waals surface area contributed by atoms with Crippen molar-refractivity contribution < 1.29 is 28.3 Å². The normalized spacial score (nSPS) is 24.0. The second kappa shape index (κ2) is 12.8. The fourth-order valence-corrected chi connectivity index (χ4v) is 10.6. The lowest BCUT2D eigenvalue weighted by molar-refractivity contribution is -0.146. The Bertz CT molecular complexity index is 1850. The number of aliphatic hydroxyl groups is 1. The molecule has 4 heterocycles. The summed E-state index contributed by atoms with van der Waals surface area (Å²) < 4.78 is 30.6. The molecule has 4 aromatic rings. The van der Waals surface area contributed by atoms with Gasteiger partial charge in [-0.25, -0.2) is 0 Å². The lowest BCUT2D eigenvalue weighted by Crippen LogP contribution is -2.45. The molecule has 1 aromatic heterocycles. The van der Waals surface area contributed by atoms with Gasteiger partial charge in [0.1, 0.15) is 5.75 Å². The molecule has 49 heavy (non-hydrogen) atoms. The van der Waals surface area contributed by atoms with Gasteiger partial charge in [-0.3, -0.25) is 14.3 Å². The first-order chi connectivity index (χ1) is 23.5. The van der Waals surface area contributed by atoms with Gasteiger partial charge >= 0.3 is 0 Å². The number of aryl methyl sites for hydroxylation is 1. The molecule has 0 saturated carbocycles. The Morgan fingerprint density at radius 1 is 1.10 bits per heavy atom. The Hall–Kier alpha value is -4.39. The Morgan fingerprint density at radius 3 is 2.49 bits per heavy atom. The standard InChI is InChI=1S/C37H42FN5O5Si/c1-24-35(49(3,4)38)33(16-18-41-22-31(39-40-41)29(23-44)26-8-6-5-7-9-26)48-37(24)30-20-28(47-2)14-15-32(30)43(36(37)46)21-25-10-12-27(13-11-25)42-19-17-34(42)45/h5-15,20,22,24,29,33,35,44H,16-19,21,23H2,1-4H3/t24-,29?,33+,35-,37+/m1/s1. The van der Waals surface area contributed by atoms with Crippen molar-refractivity contribution >= 4 is 31.6 Å². The summed E-state index contributed by atoms with van der Waals surface area (Å²) in [5.74, 6) is -0.276. The molecule has 2 saturated heterocycles. The summed E-state index contributed by atoms with van der Waals surface area (Å²) in [6.07, 6.45) is 2.26. The fourth-order valence-electron chi connectivity index (χ4n) is 8.03. The summed E-state index contributed by atoms with van der Waals surface area (Å²) in [7, 11) is -1.79. The minimum absolute atomic E-state index is 0.105. The fraction of sp³-hybridized carbons (Fsp3) is 0.405. The number of fused-ring (bicyclic) bond motifs is 2. The molecule has 3 aliphatic heterocycles. The number of nitrogens with zero attached hydrogens (tertiary/aromatic N) is 5. The van der Waals surface area contributed by atoms with Crippen molar-refractivity contribution in [1.82, 2.24) is 15.0 Å². The van der Waals surface area contributed by atoms with Crippen LogP contribution in [0.1, 0.15) is 48.1 Å². The van der Waals surface area contributed by atoms with Crippen molar-refractivity contribution in [3.05, 3.63) is 101 Å². The van der Waals surface area contributed by atoms with Gasteiger partial charge in [0, 0.05) is 48.4 Å². The van der Waals surface area contributed by atoms with Crippen LogP contribution >= 0.6 is 0 Å². The highest BCUT2D eigenvalue weighted by Crippen LogP contribution is 2.60. The molecule has 10 nitrogen and oxygen atoms in total. The van der Waals surface area contributed by atoms with Crippen LogP contribution in [0.2, 0.25) is 18.6 Å². The number of aliphatic hydroxyl groups excluding tert-OH is 1. The summed E-state index contributed by atoms with van der Waals surface area (Å²) in [5.41, 5.74) is 2.89. The maximum absolute atomic E-state index is 16.4. The third-order valence-electron chi connectivity index (χ3n) is 10.5. The summed E-state index contributed by atoms with van der Waals surface area (Å²) in [6, 6.07) is 22.9. The van der Waals surface area contributed by atoms with E-state index in [4.69, 9.17) is 9.47 Å². The molecule has 7 rings (SSSR count). The minimum atomic E-state index is -3.37. The van der Waals surface area contributed by atoms with Gasteiger partial charge in [0.05, 0.1) is 43.7 Å². The molecule has 1 N–H and O–H groups in total. The van der Waals surface area contributed by atoms with E-state index < -0.39 is 31.6 Å². The molecule has 0 bridgehead atoms. The van der Waals surface area contributed by atoms with E-state index in [2.05, 4.69) is 10.3 Å². The Morgan fingerprint density at radius 2 is 1.86 bits per heavy atom. The van der Waals surface area contributed by atoms with Crippen LogP contribution in [0.4, 0.5) is 15.5 Å². The van der Waals surface area contributed by atoms with E-state index in [1.165, 1.54) is 0 Å². The number of rotatable bonds is 11. The molecular formula is C37H42FN5O5Si. The number of hydrogen-bond acceptors (Lipinski definition) is 7. The number of anilines is 2. The topological polar surface area (TPSA) is 110 Å². The highest BCUT2D eigenvalue weighted by molar-refractivity contribution is 6.72. The van der Waals surface area contributed by atoms with Crippen LogP contribution in [0.3, 0.4) is 0 Å². The van der Waals surface area contributed by atoms with Crippen molar-refractivity contribution in [3.63, 3.8) is 0 Å². The Kier molecular flexibility index (Phi) is 8.66. The second-order valence-electron chi connectivity index (χ2n) is 13.8. The highest BCUT2D eigenvalue weighted by Gasteiger charge is 2.66. The van der Waals surface area contributed by atoms with Crippen molar-refractivity contribution in [1.29, 1.82) is 0 Å². The average Bonchev–Trinajstić information content (AvgIpc) is 3.74. The second-order valence-corrected chi connectivity index (χ2v) is 17.6. The third-order valence-corrected chi connectivity index (χ3v) is 13.0. The zero-order valence-electron chi connectivity index (χ0n) is 28.3. The number of carbonyl (C=O) groups is 2. The zero-order valence-corrected chi connectivity index (χ0v) is 29.3. The van der Waals surface area contributed by atoms with Gasteiger partial charge in [0.25, 0.3) is 5.91 Å². The summed E-state index contributed by atoms with van der Waals surface area (Å²) >= 11 is 0. The van der Waals surface area contributed by atoms with Crippen LogP contribution < -0.4 is 14.5 Å². The molecule has 0 aliphatic carbocycles. The number of carbonyl (C=O) groups excluding carboxylic acids is 2. The maximum Gasteiger partial charge on any atom is 0.264 e. The lowest BCUT2D eigenvalue weighted by atomic mass is 9.82. The van der Waals surface area contributed by atoms with Crippen LogP contribution in [0.5, 0.6) is 5.75 Å². The SMILES string of the molecule is COc1ccc2c(c1)[C@]1(O[C@@H](CCn3cc(C(CO)c4ccccc4)nn3)[C@H]([Si](C)(C)F)[C@H]1C)C(=O)N2Cc1ccc(N2CCC2=O)cc1. The van der Waals surface area contributed by atoms with E-state index in [1.54, 1.807) is 34.7 Å². The first-order valence-electron chi connectivity index (χ1n) is 16.9. The van der Waals surface area contributed by atoms with E-state index in [1.807, 2.05) is 85.9 Å². The van der Waals surface area contributed by atoms with Crippen LogP contribution in [0.25, 0.3) is 0 Å². The van der Waals surface area contributed by atoms with Crippen molar-refractivity contribution in [2.75, 3.05) is 30.1 Å². The van der Waals surface area contributed by atoms with Gasteiger partial charge < -0.3 is 28.5 Å². The zero-order chi connectivity index (χ0) is 34.5. The largest absolute Gasteiger partial charge is 0.497 e. The lowest BCUT2D eigenvalue weighted by Gasteiger charge is -2.31. The van der Waals surface area contributed by atoms with Crippen LogP contribution in [0, 0.1) is 5.92 Å². The molecule has 3 aromatic carbocycles. The van der Waals surface area contributed by atoms with Crippen molar-refractivity contribution in [3.8, 4) is 5.75 Å². The first kappa shape index (κ1) is 33.1. The number of methoxy groups -OCH3 is 1. The van der Waals surface area contributed by atoms with Gasteiger partial charge in [-0.2, -0.15) is 0 Å². The molecule has 2 amide bonds. The van der Waals surface area contributed by atoms with Crippen LogP contribution in [0.15, 0.2) is 79.0 Å². The summed E-state index contributed by atoms with van der Waals surface area (Å²) in [6.45, 7) is 6.63. The molecule has 2 fully saturated rings. The molecule has 1 spiro atoms. The quantitative estimate of drug-likeness (QED) is 0.125. The molecule has 12 heteroatoms. The van der Waals surface area contributed by atoms with Crippen LogP contribution in [-0.4, -0.2) is 66.7 Å². The van der Waals surface area contributed by atoms with E-state index >= 15 is 4.11 Å². The minimum Gasteiger partial charge on any atom is -0.497 e. The number of benzene rings is 3. The first-order valence-corrected chi connectivity index (χ1v) is 19.8. The van der Waals surface area contributed by atoms with E-state index in [9.17, 15) is 14.7 Å². The Balaban J connectivity index is 1.17. The van der Waals surface area contributed by atoms with Gasteiger partial charge in [-0.05, 0) is 61.0 Å². The monoisotopic (exact) mass is 683 g/mol. The number of aromatic nitrogens is 3. The maximum atomic E-state index is 16.4. The smallest absolute Gasteiger partial charge is 0.264 e. The number of hydrogen-bond donors (Lipinski definition) is 1. The third kappa shape index (κ3) is 5.75. The number of ether oxygens (including phenoxy) is 2. The van der Waals surface area contributed by atoms with Gasteiger partial charge in [-0.15, -0.1) is 5.10 Å². The van der Waals surface area contributed by atoms with Gasteiger partial charge in [0.15, 0.2) is 5.60 Å². The Labute approximate surface area is 286 Å². The summed E-state index contributed by atoms with van der Waals surface area (Å²) in [4.78, 5) is 30.2. The molecule has 1 unspecified atom stereocenters.